The molecule has 0 fully saturated rings. The molecule has 0 radical (unpaired) electrons. The number of aliphatic carboxylic acids is 1. The van der Waals surface area contributed by atoms with Gasteiger partial charge in [-0.25, -0.2) is 0 Å². The number of hydrogen-bond donors (Lipinski definition) is 2. The minimum atomic E-state index is -0.961. The third-order valence-corrected chi connectivity index (χ3v) is 1.76. The van der Waals surface area contributed by atoms with E-state index in [4.69, 9.17) is 5.11 Å². The number of rotatable bonds is 8. The molecule has 0 aliphatic carbocycles. The number of carbonyl (C=O) groups is 3. The van der Waals surface area contributed by atoms with Crippen molar-refractivity contribution in [1.29, 1.82) is 0 Å². The van der Waals surface area contributed by atoms with Crippen LogP contribution in [-0.4, -0.2) is 54.3 Å². The quantitative estimate of drug-likeness (QED) is 0.405. The Morgan fingerprint density at radius 3 is 2.53 bits per heavy atom. The predicted octanol–water partition coefficient (Wildman–Crippen LogP) is -0.902. The molecule has 0 unspecified atom stereocenters. The van der Waals surface area contributed by atoms with Crippen LogP contribution in [0.1, 0.15) is 13.3 Å². The van der Waals surface area contributed by atoms with Gasteiger partial charge in [-0.1, -0.05) is 6.92 Å². The molecule has 6 heteroatoms. The zero-order chi connectivity index (χ0) is 11.7. The Hall–Kier alpha value is -1.43. The maximum atomic E-state index is 11.2. The van der Waals surface area contributed by atoms with Crippen LogP contribution in [0.5, 0.6) is 0 Å². The fourth-order valence-electron chi connectivity index (χ4n) is 1.00. The highest BCUT2D eigenvalue weighted by Gasteiger charge is 2.11. The summed E-state index contributed by atoms with van der Waals surface area (Å²) in [5.41, 5.74) is 0. The van der Waals surface area contributed by atoms with Crippen LogP contribution in [0.25, 0.3) is 0 Å². The van der Waals surface area contributed by atoms with Crippen molar-refractivity contribution in [3.63, 3.8) is 0 Å². The van der Waals surface area contributed by atoms with Crippen molar-refractivity contribution in [2.45, 2.75) is 13.3 Å². The van der Waals surface area contributed by atoms with Crippen molar-refractivity contribution < 1.29 is 19.5 Å². The van der Waals surface area contributed by atoms with Crippen molar-refractivity contribution in [2.24, 2.45) is 0 Å². The molecule has 0 heterocycles. The highest BCUT2D eigenvalue weighted by molar-refractivity contribution is 5.79. The number of amides is 1. The Bertz CT molecular complexity index is 230. The number of carbonyl (C=O) groups excluding carboxylic acids is 2. The Kier molecular flexibility index (Phi) is 7.17. The SMILES string of the molecule is CCN(CC(=O)O)CC(=O)NCCC=O. The molecule has 2 N–H and O–H groups in total. The molecule has 0 aromatic carbocycles. The van der Waals surface area contributed by atoms with Gasteiger partial charge in [0.15, 0.2) is 0 Å². The van der Waals surface area contributed by atoms with E-state index < -0.39 is 5.97 Å². The fraction of sp³-hybridized carbons (Fsp3) is 0.667. The van der Waals surface area contributed by atoms with E-state index in [-0.39, 0.29) is 25.4 Å². The maximum absolute atomic E-state index is 11.2. The van der Waals surface area contributed by atoms with Gasteiger partial charge in [0.2, 0.25) is 5.91 Å². The van der Waals surface area contributed by atoms with Crippen LogP contribution in [0.2, 0.25) is 0 Å². The number of likely N-dealkylation sites (N-methyl/N-ethyl adjacent to an activating group) is 1. The summed E-state index contributed by atoms with van der Waals surface area (Å²) in [6.07, 6.45) is 0.992. The average molecular weight is 216 g/mol. The summed E-state index contributed by atoms with van der Waals surface area (Å²) >= 11 is 0. The second-order valence-electron chi connectivity index (χ2n) is 3.00. The molecule has 1 amide bonds. The lowest BCUT2D eigenvalue weighted by molar-refractivity contribution is -0.138. The van der Waals surface area contributed by atoms with Gasteiger partial charge in [-0.3, -0.25) is 14.5 Å². The zero-order valence-corrected chi connectivity index (χ0v) is 8.73. The number of aldehydes is 1. The Balaban J connectivity index is 3.79. The Labute approximate surface area is 88.2 Å². The summed E-state index contributed by atoms with van der Waals surface area (Å²) < 4.78 is 0. The van der Waals surface area contributed by atoms with Crippen molar-refractivity contribution in [3.05, 3.63) is 0 Å². The van der Waals surface area contributed by atoms with Gasteiger partial charge in [-0.05, 0) is 6.54 Å². The predicted molar refractivity (Wildman–Crippen MR) is 53.4 cm³/mol. The standard InChI is InChI=1S/C9H16N2O4/c1-2-11(7-9(14)15)6-8(13)10-4-3-5-12/h5H,2-4,6-7H2,1H3,(H,10,13)(H,14,15). The Morgan fingerprint density at radius 1 is 1.40 bits per heavy atom. The lowest BCUT2D eigenvalue weighted by Gasteiger charge is -2.16. The molecular weight excluding hydrogens is 200 g/mol. The first-order chi connectivity index (χ1) is 7.10. The number of nitrogens with one attached hydrogen (secondary N) is 1. The first-order valence-electron chi connectivity index (χ1n) is 4.74. The van der Waals surface area contributed by atoms with Crippen LogP contribution >= 0.6 is 0 Å². The van der Waals surface area contributed by atoms with Crippen LogP contribution in [0, 0.1) is 0 Å². The molecule has 0 aromatic heterocycles. The molecular formula is C9H16N2O4. The third kappa shape index (κ3) is 7.63. The number of carboxylic acid groups (broad SMARTS) is 1. The average Bonchev–Trinajstić information content (AvgIpc) is 2.16. The highest BCUT2D eigenvalue weighted by atomic mass is 16.4. The van der Waals surface area contributed by atoms with E-state index in [1.807, 2.05) is 0 Å². The van der Waals surface area contributed by atoms with Gasteiger partial charge in [0.25, 0.3) is 0 Å². The van der Waals surface area contributed by atoms with E-state index in [1.165, 1.54) is 4.90 Å². The van der Waals surface area contributed by atoms with Crippen molar-refractivity contribution in [1.82, 2.24) is 10.2 Å². The van der Waals surface area contributed by atoms with Gasteiger partial charge in [-0.2, -0.15) is 0 Å². The molecule has 0 bridgehead atoms. The second-order valence-corrected chi connectivity index (χ2v) is 3.00. The molecule has 0 spiro atoms. The fourth-order valence-corrected chi connectivity index (χ4v) is 1.00. The Morgan fingerprint density at radius 2 is 2.07 bits per heavy atom. The minimum absolute atomic E-state index is 0.0433. The van der Waals surface area contributed by atoms with Gasteiger partial charge < -0.3 is 15.2 Å². The van der Waals surface area contributed by atoms with Crippen molar-refractivity contribution >= 4 is 18.2 Å². The molecule has 0 atom stereocenters. The van der Waals surface area contributed by atoms with E-state index in [0.29, 0.717) is 13.1 Å². The monoisotopic (exact) mass is 216 g/mol. The lowest BCUT2D eigenvalue weighted by Crippen LogP contribution is -2.40. The lowest BCUT2D eigenvalue weighted by atomic mass is 10.4. The first-order valence-corrected chi connectivity index (χ1v) is 4.74. The minimum Gasteiger partial charge on any atom is -0.480 e. The second kappa shape index (κ2) is 7.93. The topological polar surface area (TPSA) is 86.7 Å². The van der Waals surface area contributed by atoms with Gasteiger partial charge in [-0.15, -0.1) is 0 Å². The summed E-state index contributed by atoms with van der Waals surface area (Å²) in [5.74, 6) is -1.22. The smallest absolute Gasteiger partial charge is 0.317 e. The molecule has 15 heavy (non-hydrogen) atoms. The van der Waals surface area contributed by atoms with Crippen LogP contribution in [-0.2, 0) is 14.4 Å². The molecule has 0 aromatic rings. The largest absolute Gasteiger partial charge is 0.480 e. The van der Waals surface area contributed by atoms with Crippen LogP contribution in [0.4, 0.5) is 0 Å². The van der Waals surface area contributed by atoms with Crippen LogP contribution in [0.3, 0.4) is 0 Å². The summed E-state index contributed by atoms with van der Waals surface area (Å²) in [6.45, 7) is 2.46. The summed E-state index contributed by atoms with van der Waals surface area (Å²) in [6, 6.07) is 0. The number of hydrogen-bond acceptors (Lipinski definition) is 4. The maximum Gasteiger partial charge on any atom is 0.317 e. The van der Waals surface area contributed by atoms with Crippen LogP contribution < -0.4 is 5.32 Å². The zero-order valence-electron chi connectivity index (χ0n) is 8.73. The van der Waals surface area contributed by atoms with Gasteiger partial charge in [0, 0.05) is 13.0 Å². The molecule has 86 valence electrons. The van der Waals surface area contributed by atoms with E-state index in [9.17, 15) is 14.4 Å². The van der Waals surface area contributed by atoms with Gasteiger partial charge in [0.1, 0.15) is 6.29 Å². The molecule has 0 aliphatic heterocycles. The molecule has 0 aliphatic rings. The number of carboxylic acids is 1. The summed E-state index contributed by atoms with van der Waals surface area (Å²) in [4.78, 5) is 33.1. The van der Waals surface area contributed by atoms with Gasteiger partial charge >= 0.3 is 5.97 Å². The first kappa shape index (κ1) is 13.6. The molecule has 0 saturated heterocycles. The van der Waals surface area contributed by atoms with Crippen LogP contribution in [0.15, 0.2) is 0 Å². The highest BCUT2D eigenvalue weighted by Crippen LogP contribution is 1.87. The number of nitrogens with zero attached hydrogens (tertiary/aromatic N) is 1. The summed E-state index contributed by atoms with van der Waals surface area (Å²) in [5, 5.41) is 11.0. The van der Waals surface area contributed by atoms with Gasteiger partial charge in [0.05, 0.1) is 13.1 Å². The summed E-state index contributed by atoms with van der Waals surface area (Å²) in [7, 11) is 0. The molecule has 0 saturated carbocycles. The van der Waals surface area contributed by atoms with E-state index in [2.05, 4.69) is 5.32 Å². The van der Waals surface area contributed by atoms with Crippen molar-refractivity contribution in [2.75, 3.05) is 26.2 Å². The molecule has 6 nitrogen and oxygen atoms in total. The van der Waals surface area contributed by atoms with E-state index >= 15 is 0 Å². The van der Waals surface area contributed by atoms with E-state index in [0.717, 1.165) is 6.29 Å². The van der Waals surface area contributed by atoms with E-state index in [1.54, 1.807) is 6.92 Å². The normalized spacial score (nSPS) is 10.0. The molecule has 0 rings (SSSR count). The van der Waals surface area contributed by atoms with Crippen molar-refractivity contribution in [3.8, 4) is 0 Å². The third-order valence-electron chi connectivity index (χ3n) is 1.76.